The molecule has 0 atom stereocenters. The zero-order valence-electron chi connectivity index (χ0n) is 16.6. The number of anilines is 2. The molecule has 3 aromatic rings. The average Bonchev–Trinajstić information content (AvgIpc) is 2.62. The van der Waals surface area contributed by atoms with Crippen LogP contribution in [0.4, 0.5) is 20.7 Å². The molecule has 2 heterocycles. The number of carbonyl (C=O) groups is 1. The predicted octanol–water partition coefficient (Wildman–Crippen LogP) is 5.51. The van der Waals surface area contributed by atoms with Gasteiger partial charge in [0.2, 0.25) is 0 Å². The standard InChI is InChI=1S/C21H22ClFN4O2/c1-11-14(7-25-9-16(11)27(20(28)29)10-21(2,3)4)13-5-12-6-17(24)26-8-15(12)18(22)19(13)23/h5-9H,10H2,1-4H3,(H2,24,26)(H,28,29). The quantitative estimate of drug-likeness (QED) is 0.587. The zero-order chi connectivity index (χ0) is 21.5. The highest BCUT2D eigenvalue weighted by atomic mass is 35.5. The number of nitrogen functional groups attached to an aromatic ring is 1. The second-order valence-corrected chi connectivity index (χ2v) is 8.52. The van der Waals surface area contributed by atoms with Crippen LogP contribution in [0.15, 0.2) is 30.7 Å². The molecular weight excluding hydrogens is 395 g/mol. The van der Waals surface area contributed by atoms with E-state index < -0.39 is 11.9 Å². The van der Waals surface area contributed by atoms with Gasteiger partial charge in [-0.05, 0) is 35.4 Å². The summed E-state index contributed by atoms with van der Waals surface area (Å²) in [4.78, 5) is 21.3. The summed E-state index contributed by atoms with van der Waals surface area (Å²) in [5.74, 6) is -0.331. The molecule has 0 aliphatic heterocycles. The Morgan fingerprint density at radius 3 is 2.55 bits per heavy atom. The monoisotopic (exact) mass is 416 g/mol. The molecule has 0 fully saturated rings. The third-order valence-corrected chi connectivity index (χ3v) is 4.93. The van der Waals surface area contributed by atoms with Gasteiger partial charge in [0.1, 0.15) is 11.6 Å². The number of amides is 1. The van der Waals surface area contributed by atoms with Crippen LogP contribution in [0.1, 0.15) is 26.3 Å². The summed E-state index contributed by atoms with van der Waals surface area (Å²) in [6.45, 7) is 7.82. The Morgan fingerprint density at radius 1 is 1.24 bits per heavy atom. The van der Waals surface area contributed by atoms with Gasteiger partial charge in [0.05, 0.1) is 16.9 Å². The van der Waals surface area contributed by atoms with E-state index in [-0.39, 0.29) is 28.4 Å². The molecule has 1 aromatic carbocycles. The minimum Gasteiger partial charge on any atom is -0.465 e. The minimum absolute atomic E-state index is 0.0698. The number of pyridine rings is 2. The normalized spacial score (nSPS) is 11.7. The van der Waals surface area contributed by atoms with Crippen LogP contribution in [0.2, 0.25) is 5.02 Å². The molecule has 8 heteroatoms. The number of rotatable bonds is 3. The predicted molar refractivity (Wildman–Crippen MR) is 114 cm³/mol. The molecule has 0 saturated heterocycles. The fraction of sp³-hybridized carbons (Fsp3) is 0.286. The van der Waals surface area contributed by atoms with Gasteiger partial charge >= 0.3 is 6.09 Å². The van der Waals surface area contributed by atoms with Gasteiger partial charge in [-0.2, -0.15) is 0 Å². The summed E-state index contributed by atoms with van der Waals surface area (Å²) in [6.07, 6.45) is 3.30. The first-order valence-corrected chi connectivity index (χ1v) is 9.36. The van der Waals surface area contributed by atoms with Crippen LogP contribution in [-0.4, -0.2) is 27.7 Å². The van der Waals surface area contributed by atoms with Crippen LogP contribution in [0.5, 0.6) is 0 Å². The summed E-state index contributed by atoms with van der Waals surface area (Å²) in [5, 5.41) is 10.7. The van der Waals surface area contributed by atoms with E-state index >= 15 is 4.39 Å². The van der Waals surface area contributed by atoms with E-state index in [1.165, 1.54) is 23.5 Å². The van der Waals surface area contributed by atoms with Gasteiger partial charge in [-0.15, -0.1) is 0 Å². The Hall–Kier alpha value is -2.93. The zero-order valence-corrected chi connectivity index (χ0v) is 17.4. The van der Waals surface area contributed by atoms with Crippen LogP contribution in [0, 0.1) is 18.2 Å². The summed E-state index contributed by atoms with van der Waals surface area (Å²) in [5.41, 5.74) is 7.14. The van der Waals surface area contributed by atoms with Gasteiger partial charge in [-0.3, -0.25) is 9.88 Å². The van der Waals surface area contributed by atoms with Crippen molar-refractivity contribution in [3.05, 3.63) is 47.1 Å². The van der Waals surface area contributed by atoms with Crippen molar-refractivity contribution in [1.82, 2.24) is 9.97 Å². The molecule has 29 heavy (non-hydrogen) atoms. The fourth-order valence-corrected chi connectivity index (χ4v) is 3.49. The van der Waals surface area contributed by atoms with Crippen LogP contribution in [0.25, 0.3) is 21.9 Å². The van der Waals surface area contributed by atoms with Crippen molar-refractivity contribution in [3.63, 3.8) is 0 Å². The number of nitrogens with zero attached hydrogens (tertiary/aromatic N) is 3. The molecule has 3 rings (SSSR count). The lowest BCUT2D eigenvalue weighted by molar-refractivity contribution is 0.198. The molecule has 0 aliphatic rings. The highest BCUT2D eigenvalue weighted by Gasteiger charge is 2.25. The van der Waals surface area contributed by atoms with Gasteiger partial charge in [-0.1, -0.05) is 32.4 Å². The van der Waals surface area contributed by atoms with Gasteiger partial charge in [0.15, 0.2) is 0 Å². The molecule has 0 aliphatic carbocycles. The first-order valence-electron chi connectivity index (χ1n) is 8.98. The summed E-state index contributed by atoms with van der Waals surface area (Å²) >= 11 is 6.24. The lowest BCUT2D eigenvalue weighted by Gasteiger charge is -2.29. The number of carboxylic acid groups (broad SMARTS) is 1. The number of hydrogen-bond donors (Lipinski definition) is 2. The molecule has 152 valence electrons. The number of fused-ring (bicyclic) bond motifs is 1. The van der Waals surface area contributed by atoms with Crippen molar-refractivity contribution >= 4 is 40.0 Å². The Labute approximate surface area is 173 Å². The lowest BCUT2D eigenvalue weighted by atomic mass is 9.94. The largest absolute Gasteiger partial charge is 0.465 e. The Balaban J connectivity index is 2.22. The Kier molecular flexibility index (Phi) is 5.36. The van der Waals surface area contributed by atoms with E-state index in [4.69, 9.17) is 17.3 Å². The Morgan fingerprint density at radius 2 is 1.93 bits per heavy atom. The van der Waals surface area contributed by atoms with Crippen molar-refractivity contribution in [1.29, 1.82) is 0 Å². The number of halogens is 2. The third kappa shape index (κ3) is 4.10. The minimum atomic E-state index is -1.10. The van der Waals surface area contributed by atoms with E-state index in [1.807, 2.05) is 20.8 Å². The van der Waals surface area contributed by atoms with E-state index in [2.05, 4.69) is 9.97 Å². The second kappa shape index (κ2) is 7.48. The number of benzene rings is 1. The summed E-state index contributed by atoms with van der Waals surface area (Å²) < 4.78 is 15.1. The smallest absolute Gasteiger partial charge is 0.411 e. The van der Waals surface area contributed by atoms with E-state index in [0.29, 0.717) is 27.6 Å². The topological polar surface area (TPSA) is 92.3 Å². The molecule has 0 radical (unpaired) electrons. The summed E-state index contributed by atoms with van der Waals surface area (Å²) in [7, 11) is 0. The van der Waals surface area contributed by atoms with Crippen LogP contribution in [-0.2, 0) is 0 Å². The highest BCUT2D eigenvalue weighted by molar-refractivity contribution is 6.36. The van der Waals surface area contributed by atoms with E-state index in [1.54, 1.807) is 19.1 Å². The van der Waals surface area contributed by atoms with E-state index in [0.717, 1.165) is 0 Å². The summed E-state index contributed by atoms with van der Waals surface area (Å²) in [6, 6.07) is 3.23. The fourth-order valence-electron chi connectivity index (χ4n) is 3.23. The van der Waals surface area contributed by atoms with Gasteiger partial charge in [0.25, 0.3) is 0 Å². The molecular formula is C21H22ClFN4O2. The molecule has 0 spiro atoms. The Bertz CT molecular complexity index is 1110. The van der Waals surface area contributed by atoms with Gasteiger partial charge in [0, 0.05) is 35.5 Å². The van der Waals surface area contributed by atoms with Crippen LogP contribution in [0.3, 0.4) is 0 Å². The lowest BCUT2D eigenvalue weighted by Crippen LogP contribution is -2.37. The highest BCUT2D eigenvalue weighted by Crippen LogP contribution is 2.38. The number of hydrogen-bond acceptors (Lipinski definition) is 4. The number of nitrogens with two attached hydrogens (primary N) is 1. The molecule has 6 nitrogen and oxygen atoms in total. The van der Waals surface area contributed by atoms with Crippen molar-refractivity contribution in [2.24, 2.45) is 5.41 Å². The van der Waals surface area contributed by atoms with Gasteiger partial charge in [-0.25, -0.2) is 14.2 Å². The van der Waals surface area contributed by atoms with Crippen LogP contribution < -0.4 is 10.6 Å². The van der Waals surface area contributed by atoms with Gasteiger partial charge < -0.3 is 10.8 Å². The molecule has 2 aromatic heterocycles. The first-order chi connectivity index (χ1) is 13.5. The van der Waals surface area contributed by atoms with Crippen molar-refractivity contribution in [2.75, 3.05) is 17.2 Å². The SMILES string of the molecule is Cc1c(-c2cc3cc(N)ncc3c(Cl)c2F)cncc1N(CC(C)(C)C)C(=O)O. The van der Waals surface area contributed by atoms with Crippen molar-refractivity contribution in [2.45, 2.75) is 27.7 Å². The first kappa shape index (κ1) is 20.8. The molecule has 0 bridgehead atoms. The average molecular weight is 417 g/mol. The van der Waals surface area contributed by atoms with Crippen LogP contribution >= 0.6 is 11.6 Å². The third-order valence-electron chi connectivity index (χ3n) is 4.56. The second-order valence-electron chi connectivity index (χ2n) is 8.14. The maximum absolute atomic E-state index is 15.1. The molecule has 0 saturated carbocycles. The maximum atomic E-state index is 15.1. The van der Waals surface area contributed by atoms with Crippen molar-refractivity contribution < 1.29 is 14.3 Å². The molecule has 1 amide bonds. The van der Waals surface area contributed by atoms with Crippen molar-refractivity contribution in [3.8, 4) is 11.1 Å². The van der Waals surface area contributed by atoms with E-state index in [9.17, 15) is 9.90 Å². The molecule has 0 unspecified atom stereocenters. The molecule has 3 N–H and O–H groups in total. The maximum Gasteiger partial charge on any atom is 0.411 e. The number of aromatic nitrogens is 2.